The summed E-state index contributed by atoms with van der Waals surface area (Å²) in [5, 5.41) is 0. The van der Waals surface area contributed by atoms with Gasteiger partial charge in [0.05, 0.1) is 0 Å². The molecule has 0 fully saturated rings. The minimum Gasteiger partial charge on any atom is -0.200 e. The van der Waals surface area contributed by atoms with Crippen LogP contribution >= 0.6 is 0 Å². The molecular formula is C6H10F4. The first-order valence-corrected chi connectivity index (χ1v) is 3.13. The second-order valence-corrected chi connectivity index (χ2v) is 2.12. The Morgan fingerprint density at radius 3 is 1.10 bits per heavy atom. The van der Waals surface area contributed by atoms with Gasteiger partial charge in [0.25, 0.3) is 0 Å². The van der Waals surface area contributed by atoms with Crippen LogP contribution in [0.2, 0.25) is 0 Å². The molecule has 0 aromatic heterocycles. The number of rotatable bonds is 3. The average Bonchev–Trinajstić information content (AvgIpc) is 1.88. The van der Waals surface area contributed by atoms with Gasteiger partial charge in [-0.3, -0.25) is 0 Å². The minimum atomic E-state index is -3.85. The Morgan fingerprint density at radius 1 is 0.800 bits per heavy atom. The lowest BCUT2D eigenvalue weighted by Crippen LogP contribution is -2.38. The van der Waals surface area contributed by atoms with Gasteiger partial charge in [0, 0.05) is 12.8 Å². The maximum Gasteiger partial charge on any atom is 0.309 e. The summed E-state index contributed by atoms with van der Waals surface area (Å²) in [6, 6.07) is 0. The first-order chi connectivity index (χ1) is 4.37. The molecule has 62 valence electrons. The Hall–Kier alpha value is -0.280. The molecule has 0 aromatic rings. The van der Waals surface area contributed by atoms with Gasteiger partial charge in [0.2, 0.25) is 0 Å². The fraction of sp³-hybridized carbons (Fsp3) is 1.00. The molecule has 4 heteroatoms. The van der Waals surface area contributed by atoms with Crippen molar-refractivity contribution in [3.05, 3.63) is 0 Å². The molecule has 0 spiro atoms. The van der Waals surface area contributed by atoms with Crippen LogP contribution in [0.15, 0.2) is 0 Å². The molecule has 10 heavy (non-hydrogen) atoms. The van der Waals surface area contributed by atoms with Crippen molar-refractivity contribution in [1.29, 1.82) is 0 Å². The highest BCUT2D eigenvalue weighted by atomic mass is 19.3. The highest BCUT2D eigenvalue weighted by Gasteiger charge is 2.52. The van der Waals surface area contributed by atoms with Crippen molar-refractivity contribution in [3.8, 4) is 0 Å². The van der Waals surface area contributed by atoms with Crippen LogP contribution in [0.1, 0.15) is 26.7 Å². The quantitative estimate of drug-likeness (QED) is 0.553. The van der Waals surface area contributed by atoms with Gasteiger partial charge in [0.1, 0.15) is 0 Å². The van der Waals surface area contributed by atoms with Crippen molar-refractivity contribution in [1.82, 2.24) is 0 Å². The molecule has 0 atom stereocenters. The van der Waals surface area contributed by atoms with Crippen molar-refractivity contribution >= 4 is 0 Å². The monoisotopic (exact) mass is 158 g/mol. The van der Waals surface area contributed by atoms with Crippen molar-refractivity contribution in [2.24, 2.45) is 0 Å². The van der Waals surface area contributed by atoms with Gasteiger partial charge in [-0.05, 0) is 0 Å². The van der Waals surface area contributed by atoms with Crippen LogP contribution in [0.5, 0.6) is 0 Å². The van der Waals surface area contributed by atoms with Gasteiger partial charge >= 0.3 is 11.8 Å². The van der Waals surface area contributed by atoms with E-state index in [1.165, 1.54) is 0 Å². The van der Waals surface area contributed by atoms with Crippen molar-refractivity contribution in [2.45, 2.75) is 38.5 Å². The van der Waals surface area contributed by atoms with E-state index in [9.17, 15) is 17.6 Å². The highest BCUT2D eigenvalue weighted by molar-refractivity contribution is 4.81. The second kappa shape index (κ2) is 2.76. The lowest BCUT2D eigenvalue weighted by atomic mass is 10.1. The van der Waals surface area contributed by atoms with Gasteiger partial charge in [-0.15, -0.1) is 0 Å². The Bertz CT molecular complexity index is 94.3. The van der Waals surface area contributed by atoms with E-state index in [4.69, 9.17) is 0 Å². The third-order valence-corrected chi connectivity index (χ3v) is 1.42. The number of hydrogen-bond donors (Lipinski definition) is 0. The molecule has 0 aliphatic heterocycles. The zero-order valence-corrected chi connectivity index (χ0v) is 5.93. The number of halogens is 4. The predicted molar refractivity (Wildman–Crippen MR) is 30.5 cm³/mol. The van der Waals surface area contributed by atoms with Crippen LogP contribution in [0.4, 0.5) is 17.6 Å². The summed E-state index contributed by atoms with van der Waals surface area (Å²) >= 11 is 0. The van der Waals surface area contributed by atoms with Crippen LogP contribution in [0.25, 0.3) is 0 Å². The first kappa shape index (κ1) is 9.72. The lowest BCUT2D eigenvalue weighted by Gasteiger charge is -2.23. The number of hydrogen-bond acceptors (Lipinski definition) is 0. The summed E-state index contributed by atoms with van der Waals surface area (Å²) in [4.78, 5) is 0. The molecule has 0 bridgehead atoms. The number of alkyl halides is 4. The van der Waals surface area contributed by atoms with Crippen molar-refractivity contribution in [3.63, 3.8) is 0 Å². The molecule has 0 unspecified atom stereocenters. The normalized spacial score (nSPS) is 13.8. The van der Waals surface area contributed by atoms with E-state index >= 15 is 0 Å². The summed E-state index contributed by atoms with van der Waals surface area (Å²) < 4.78 is 48.7. The van der Waals surface area contributed by atoms with Crippen LogP contribution in [0.3, 0.4) is 0 Å². The molecule has 0 aromatic carbocycles. The standard InChI is InChI=1S/C6H10F4/c1-3-5(7,8)6(9,10)4-2/h3-4H2,1-2H3. The van der Waals surface area contributed by atoms with Crippen LogP contribution in [-0.2, 0) is 0 Å². The molecule has 0 N–H and O–H groups in total. The molecule has 0 radical (unpaired) electrons. The smallest absolute Gasteiger partial charge is 0.200 e. The molecule has 0 aliphatic rings. The summed E-state index contributed by atoms with van der Waals surface area (Å²) in [7, 11) is 0. The predicted octanol–water partition coefficient (Wildman–Crippen LogP) is 3.08. The molecule has 0 nitrogen and oxygen atoms in total. The molecule has 0 aliphatic carbocycles. The maximum atomic E-state index is 12.2. The van der Waals surface area contributed by atoms with Gasteiger partial charge in [-0.25, -0.2) is 0 Å². The van der Waals surface area contributed by atoms with E-state index in [1.54, 1.807) is 0 Å². The Labute approximate surface area is 57.2 Å². The summed E-state index contributed by atoms with van der Waals surface area (Å²) in [6.45, 7) is 2.09. The fourth-order valence-corrected chi connectivity index (χ4v) is 0.517. The third-order valence-electron chi connectivity index (χ3n) is 1.42. The average molecular weight is 158 g/mol. The Kier molecular flexibility index (Phi) is 2.68. The van der Waals surface area contributed by atoms with Crippen molar-refractivity contribution < 1.29 is 17.6 Å². The molecule has 0 saturated carbocycles. The van der Waals surface area contributed by atoms with Crippen molar-refractivity contribution in [2.75, 3.05) is 0 Å². The molecule has 0 heterocycles. The highest BCUT2D eigenvalue weighted by Crippen LogP contribution is 2.38. The van der Waals surface area contributed by atoms with E-state index in [2.05, 4.69) is 0 Å². The first-order valence-electron chi connectivity index (χ1n) is 3.13. The molecular weight excluding hydrogens is 148 g/mol. The zero-order valence-electron chi connectivity index (χ0n) is 5.93. The van der Waals surface area contributed by atoms with E-state index in [0.29, 0.717) is 0 Å². The Balaban J connectivity index is 4.28. The van der Waals surface area contributed by atoms with Gasteiger partial charge in [-0.1, -0.05) is 13.8 Å². The lowest BCUT2D eigenvalue weighted by molar-refractivity contribution is -0.210. The summed E-state index contributed by atoms with van der Waals surface area (Å²) in [5.41, 5.74) is 0. The summed E-state index contributed by atoms with van der Waals surface area (Å²) in [6.07, 6.45) is -1.62. The zero-order chi connectivity index (χ0) is 8.41. The maximum absolute atomic E-state index is 12.2. The van der Waals surface area contributed by atoms with E-state index < -0.39 is 24.7 Å². The molecule has 0 rings (SSSR count). The van der Waals surface area contributed by atoms with Crippen LogP contribution in [-0.4, -0.2) is 11.8 Å². The van der Waals surface area contributed by atoms with E-state index in [1.807, 2.05) is 0 Å². The summed E-state index contributed by atoms with van der Waals surface area (Å²) in [5.74, 6) is -7.69. The SMILES string of the molecule is CCC(F)(F)C(F)(F)CC. The van der Waals surface area contributed by atoms with E-state index in [-0.39, 0.29) is 0 Å². The second-order valence-electron chi connectivity index (χ2n) is 2.12. The minimum absolute atomic E-state index is 0.812. The molecule has 0 amide bonds. The fourth-order valence-electron chi connectivity index (χ4n) is 0.517. The van der Waals surface area contributed by atoms with Gasteiger partial charge in [-0.2, -0.15) is 17.6 Å². The Morgan fingerprint density at radius 2 is 1.00 bits per heavy atom. The third kappa shape index (κ3) is 1.61. The van der Waals surface area contributed by atoms with Crippen LogP contribution < -0.4 is 0 Å². The van der Waals surface area contributed by atoms with Gasteiger partial charge in [0.15, 0.2) is 0 Å². The van der Waals surface area contributed by atoms with E-state index in [0.717, 1.165) is 13.8 Å². The molecule has 0 saturated heterocycles. The topological polar surface area (TPSA) is 0 Å². The van der Waals surface area contributed by atoms with Gasteiger partial charge < -0.3 is 0 Å². The van der Waals surface area contributed by atoms with Crippen LogP contribution in [0, 0.1) is 0 Å². The largest absolute Gasteiger partial charge is 0.309 e.